The van der Waals surface area contributed by atoms with Gasteiger partial charge in [-0.2, -0.15) is 0 Å². The maximum atomic E-state index is 12.8. The van der Waals surface area contributed by atoms with Gasteiger partial charge in [-0.3, -0.25) is 9.69 Å². The van der Waals surface area contributed by atoms with Gasteiger partial charge >= 0.3 is 0 Å². The van der Waals surface area contributed by atoms with Crippen LogP contribution in [0.5, 0.6) is 0 Å². The molecule has 2 aliphatic rings. The van der Waals surface area contributed by atoms with E-state index in [4.69, 9.17) is 0 Å². The first-order chi connectivity index (χ1) is 10.2. The third kappa shape index (κ3) is 4.19. The fourth-order valence-electron chi connectivity index (χ4n) is 3.92. The molecule has 0 aromatic carbocycles. The normalized spacial score (nSPS) is 30.0. The number of amides is 1. The molecular weight excluding hydrogens is 262 g/mol. The van der Waals surface area contributed by atoms with Crippen LogP contribution in [0.2, 0.25) is 0 Å². The standard InChI is InChI=1S/C17H33N3O/c1-4-15-13-20(12-9-16(15)18-3)14(2)17(21)19-10-7-5-6-8-11-19/h14-16,18H,4-13H2,1-3H3. The molecule has 21 heavy (non-hydrogen) atoms. The number of hydrogen-bond acceptors (Lipinski definition) is 3. The smallest absolute Gasteiger partial charge is 0.239 e. The molecular formula is C17H33N3O. The predicted molar refractivity (Wildman–Crippen MR) is 87.3 cm³/mol. The van der Waals surface area contributed by atoms with Crippen LogP contribution in [0.1, 0.15) is 52.4 Å². The Labute approximate surface area is 130 Å². The SMILES string of the molecule is CCC1CN(C(C)C(=O)N2CCCCCC2)CCC1NC. The number of piperidine rings is 1. The fourth-order valence-corrected chi connectivity index (χ4v) is 3.92. The number of carbonyl (C=O) groups excluding carboxylic acids is 1. The molecule has 4 heteroatoms. The minimum Gasteiger partial charge on any atom is -0.341 e. The highest BCUT2D eigenvalue weighted by Gasteiger charge is 2.33. The van der Waals surface area contributed by atoms with Gasteiger partial charge in [0.15, 0.2) is 0 Å². The van der Waals surface area contributed by atoms with Crippen molar-refractivity contribution in [3.05, 3.63) is 0 Å². The van der Waals surface area contributed by atoms with E-state index in [1.165, 1.54) is 32.1 Å². The summed E-state index contributed by atoms with van der Waals surface area (Å²) in [4.78, 5) is 17.3. The summed E-state index contributed by atoms with van der Waals surface area (Å²) < 4.78 is 0. The minimum absolute atomic E-state index is 0.0509. The largest absolute Gasteiger partial charge is 0.341 e. The average Bonchev–Trinajstić information content (AvgIpc) is 2.82. The molecule has 2 rings (SSSR count). The molecule has 0 aromatic rings. The molecule has 1 amide bonds. The van der Waals surface area contributed by atoms with E-state index in [0.29, 0.717) is 17.9 Å². The number of nitrogens with zero attached hydrogens (tertiary/aromatic N) is 2. The van der Waals surface area contributed by atoms with Crippen molar-refractivity contribution in [2.75, 3.05) is 33.2 Å². The second-order valence-corrected chi connectivity index (χ2v) is 6.76. The van der Waals surface area contributed by atoms with Crippen LogP contribution in [-0.2, 0) is 4.79 Å². The highest BCUT2D eigenvalue weighted by molar-refractivity contribution is 5.81. The van der Waals surface area contributed by atoms with E-state index in [-0.39, 0.29) is 6.04 Å². The van der Waals surface area contributed by atoms with E-state index in [1.54, 1.807) is 0 Å². The van der Waals surface area contributed by atoms with Crippen LogP contribution in [0, 0.1) is 5.92 Å². The summed E-state index contributed by atoms with van der Waals surface area (Å²) in [6, 6.07) is 0.668. The number of carbonyl (C=O) groups is 1. The number of rotatable bonds is 4. The zero-order valence-electron chi connectivity index (χ0n) is 14.1. The summed E-state index contributed by atoms with van der Waals surface area (Å²) in [5.41, 5.74) is 0. The average molecular weight is 295 g/mol. The van der Waals surface area contributed by atoms with Gasteiger partial charge in [0.05, 0.1) is 6.04 Å². The van der Waals surface area contributed by atoms with Gasteiger partial charge < -0.3 is 10.2 Å². The zero-order valence-corrected chi connectivity index (χ0v) is 14.1. The lowest BCUT2D eigenvalue weighted by molar-refractivity contribution is -0.137. The van der Waals surface area contributed by atoms with Crippen LogP contribution < -0.4 is 5.32 Å². The summed E-state index contributed by atoms with van der Waals surface area (Å²) in [5.74, 6) is 1.03. The third-order valence-electron chi connectivity index (χ3n) is 5.48. The highest BCUT2D eigenvalue weighted by atomic mass is 16.2. The first kappa shape index (κ1) is 16.8. The molecule has 0 spiro atoms. The molecule has 122 valence electrons. The zero-order chi connectivity index (χ0) is 15.2. The minimum atomic E-state index is 0.0509. The Morgan fingerprint density at radius 3 is 2.43 bits per heavy atom. The molecule has 3 unspecified atom stereocenters. The van der Waals surface area contributed by atoms with Gasteiger partial charge in [-0.1, -0.05) is 26.2 Å². The van der Waals surface area contributed by atoms with Crippen LogP contribution in [0.4, 0.5) is 0 Å². The Bertz CT molecular complexity index is 326. The molecule has 0 radical (unpaired) electrons. The maximum Gasteiger partial charge on any atom is 0.239 e. The molecule has 2 aliphatic heterocycles. The van der Waals surface area contributed by atoms with Crippen molar-refractivity contribution < 1.29 is 4.79 Å². The van der Waals surface area contributed by atoms with Crippen molar-refractivity contribution in [2.45, 2.75) is 64.5 Å². The second kappa shape index (κ2) is 8.14. The quantitative estimate of drug-likeness (QED) is 0.863. The topological polar surface area (TPSA) is 35.6 Å². The Hall–Kier alpha value is -0.610. The monoisotopic (exact) mass is 295 g/mol. The van der Waals surface area contributed by atoms with Crippen LogP contribution in [-0.4, -0.2) is 61.0 Å². The summed E-state index contributed by atoms with van der Waals surface area (Å²) in [5, 5.41) is 3.44. The van der Waals surface area contributed by atoms with Gasteiger partial charge in [-0.15, -0.1) is 0 Å². The number of likely N-dealkylation sites (tertiary alicyclic amines) is 2. The van der Waals surface area contributed by atoms with Gasteiger partial charge in [0.1, 0.15) is 0 Å². The predicted octanol–water partition coefficient (Wildman–Crippen LogP) is 2.10. The van der Waals surface area contributed by atoms with Gasteiger partial charge in [0, 0.05) is 32.2 Å². The van der Waals surface area contributed by atoms with Crippen molar-refractivity contribution in [2.24, 2.45) is 5.92 Å². The van der Waals surface area contributed by atoms with E-state index in [0.717, 1.165) is 32.6 Å². The molecule has 0 saturated carbocycles. The van der Waals surface area contributed by atoms with E-state index in [1.807, 2.05) is 0 Å². The van der Waals surface area contributed by atoms with Crippen molar-refractivity contribution in [1.82, 2.24) is 15.1 Å². The molecule has 4 nitrogen and oxygen atoms in total. The molecule has 2 heterocycles. The van der Waals surface area contributed by atoms with Gasteiger partial charge in [0.25, 0.3) is 0 Å². The first-order valence-corrected chi connectivity index (χ1v) is 8.87. The fraction of sp³-hybridized carbons (Fsp3) is 0.941. The molecule has 0 aliphatic carbocycles. The van der Waals surface area contributed by atoms with E-state index >= 15 is 0 Å². The molecule has 1 N–H and O–H groups in total. The Kier molecular flexibility index (Phi) is 6.49. The molecule has 0 aromatic heterocycles. The Balaban J connectivity index is 1.92. The Morgan fingerprint density at radius 2 is 1.86 bits per heavy atom. The maximum absolute atomic E-state index is 12.8. The van der Waals surface area contributed by atoms with Gasteiger partial charge in [-0.25, -0.2) is 0 Å². The highest BCUT2D eigenvalue weighted by Crippen LogP contribution is 2.23. The lowest BCUT2D eigenvalue weighted by atomic mass is 9.89. The van der Waals surface area contributed by atoms with E-state index < -0.39 is 0 Å². The first-order valence-electron chi connectivity index (χ1n) is 8.87. The summed E-state index contributed by atoms with van der Waals surface area (Å²) >= 11 is 0. The van der Waals surface area contributed by atoms with Crippen LogP contribution >= 0.6 is 0 Å². The third-order valence-corrected chi connectivity index (χ3v) is 5.48. The van der Waals surface area contributed by atoms with Crippen molar-refractivity contribution in [3.8, 4) is 0 Å². The second-order valence-electron chi connectivity index (χ2n) is 6.76. The molecule has 2 fully saturated rings. The van der Waals surface area contributed by atoms with Crippen molar-refractivity contribution >= 4 is 5.91 Å². The van der Waals surface area contributed by atoms with Crippen molar-refractivity contribution in [3.63, 3.8) is 0 Å². The number of nitrogens with one attached hydrogen (secondary N) is 1. The van der Waals surface area contributed by atoms with Crippen LogP contribution in [0.15, 0.2) is 0 Å². The summed E-state index contributed by atoms with van der Waals surface area (Å²) in [7, 11) is 2.06. The molecule has 2 saturated heterocycles. The lowest BCUT2D eigenvalue weighted by Gasteiger charge is -2.41. The molecule has 0 bridgehead atoms. The van der Waals surface area contributed by atoms with E-state index in [2.05, 4.69) is 36.0 Å². The Morgan fingerprint density at radius 1 is 1.19 bits per heavy atom. The number of hydrogen-bond donors (Lipinski definition) is 1. The van der Waals surface area contributed by atoms with Gasteiger partial charge in [-0.05, 0) is 39.2 Å². The van der Waals surface area contributed by atoms with Gasteiger partial charge in [0.2, 0.25) is 5.91 Å². The summed E-state index contributed by atoms with van der Waals surface area (Å²) in [6.45, 7) is 8.41. The summed E-state index contributed by atoms with van der Waals surface area (Å²) in [6.07, 6.45) is 7.27. The van der Waals surface area contributed by atoms with E-state index in [9.17, 15) is 4.79 Å². The lowest BCUT2D eigenvalue weighted by Crippen LogP contribution is -2.55. The van der Waals surface area contributed by atoms with Crippen LogP contribution in [0.3, 0.4) is 0 Å². The van der Waals surface area contributed by atoms with Crippen LogP contribution in [0.25, 0.3) is 0 Å². The van der Waals surface area contributed by atoms with Crippen molar-refractivity contribution in [1.29, 1.82) is 0 Å². The molecule has 3 atom stereocenters.